The Morgan fingerprint density at radius 2 is 2.06 bits per heavy atom. The van der Waals surface area contributed by atoms with Gasteiger partial charge in [-0.3, -0.25) is 4.79 Å². The SMILES string of the molecule is O=C(O)Cc1cc(Br)c(Br)c(OC(F)F)c1. The van der Waals surface area contributed by atoms with Crippen LogP contribution in [0.2, 0.25) is 0 Å². The molecular formula is C9H6Br2F2O3. The molecule has 1 aromatic rings. The fraction of sp³-hybridized carbons (Fsp3) is 0.222. The molecule has 1 N–H and O–H groups in total. The molecule has 0 spiro atoms. The van der Waals surface area contributed by atoms with Crippen LogP contribution in [0, 0.1) is 0 Å². The number of aliphatic carboxylic acids is 1. The fourth-order valence-electron chi connectivity index (χ4n) is 1.08. The molecule has 0 aliphatic heterocycles. The summed E-state index contributed by atoms with van der Waals surface area (Å²) in [7, 11) is 0. The van der Waals surface area contributed by atoms with E-state index in [0.717, 1.165) is 0 Å². The summed E-state index contributed by atoms with van der Waals surface area (Å²) in [6.45, 7) is -2.96. The number of benzene rings is 1. The Labute approximate surface area is 107 Å². The maximum Gasteiger partial charge on any atom is 0.387 e. The molecule has 0 unspecified atom stereocenters. The average Bonchev–Trinajstić information content (AvgIpc) is 2.11. The number of hydrogen-bond donors (Lipinski definition) is 1. The summed E-state index contributed by atoms with van der Waals surface area (Å²) >= 11 is 6.17. The van der Waals surface area contributed by atoms with Crippen molar-refractivity contribution in [1.29, 1.82) is 0 Å². The minimum atomic E-state index is -2.96. The number of ether oxygens (including phenoxy) is 1. The van der Waals surface area contributed by atoms with Crippen molar-refractivity contribution in [3.05, 3.63) is 26.6 Å². The van der Waals surface area contributed by atoms with E-state index in [1.54, 1.807) is 0 Å². The van der Waals surface area contributed by atoms with Crippen molar-refractivity contribution in [2.24, 2.45) is 0 Å². The normalized spacial score (nSPS) is 10.6. The lowest BCUT2D eigenvalue weighted by atomic mass is 10.1. The van der Waals surface area contributed by atoms with Crippen molar-refractivity contribution < 1.29 is 23.4 Å². The Hall–Kier alpha value is -0.690. The van der Waals surface area contributed by atoms with E-state index in [2.05, 4.69) is 36.6 Å². The highest BCUT2D eigenvalue weighted by Crippen LogP contribution is 2.35. The Bertz CT molecular complexity index is 410. The van der Waals surface area contributed by atoms with Crippen LogP contribution in [0.5, 0.6) is 5.75 Å². The van der Waals surface area contributed by atoms with Gasteiger partial charge in [-0.15, -0.1) is 0 Å². The van der Waals surface area contributed by atoms with Crippen molar-refractivity contribution in [2.45, 2.75) is 13.0 Å². The van der Waals surface area contributed by atoms with E-state index < -0.39 is 12.6 Å². The summed E-state index contributed by atoms with van der Waals surface area (Å²) in [6.07, 6.45) is -0.258. The molecule has 0 heterocycles. The van der Waals surface area contributed by atoms with E-state index in [-0.39, 0.29) is 12.2 Å². The highest BCUT2D eigenvalue weighted by atomic mass is 79.9. The Morgan fingerprint density at radius 1 is 1.44 bits per heavy atom. The summed E-state index contributed by atoms with van der Waals surface area (Å²) in [5.74, 6) is -1.14. The maximum atomic E-state index is 12.1. The molecule has 1 rings (SSSR count). The van der Waals surface area contributed by atoms with Crippen LogP contribution in [0.4, 0.5) is 8.78 Å². The first-order chi connectivity index (χ1) is 7.40. The number of carboxylic acids is 1. The fourth-order valence-corrected chi connectivity index (χ4v) is 1.89. The summed E-state index contributed by atoms with van der Waals surface area (Å²) in [4.78, 5) is 10.5. The van der Waals surface area contributed by atoms with Gasteiger partial charge >= 0.3 is 12.6 Å². The van der Waals surface area contributed by atoms with Gasteiger partial charge in [-0.25, -0.2) is 0 Å². The predicted octanol–water partition coefficient (Wildman–Crippen LogP) is 3.44. The Morgan fingerprint density at radius 3 is 2.56 bits per heavy atom. The van der Waals surface area contributed by atoms with Gasteiger partial charge in [-0.05, 0) is 49.6 Å². The van der Waals surface area contributed by atoms with Gasteiger partial charge in [0.2, 0.25) is 0 Å². The van der Waals surface area contributed by atoms with Crippen LogP contribution in [0.15, 0.2) is 21.1 Å². The minimum Gasteiger partial charge on any atom is -0.481 e. The highest BCUT2D eigenvalue weighted by molar-refractivity contribution is 9.13. The lowest BCUT2D eigenvalue weighted by Crippen LogP contribution is -2.05. The van der Waals surface area contributed by atoms with E-state index in [0.29, 0.717) is 14.5 Å². The van der Waals surface area contributed by atoms with Gasteiger partial charge in [0.05, 0.1) is 10.9 Å². The van der Waals surface area contributed by atoms with Crippen molar-refractivity contribution in [2.75, 3.05) is 0 Å². The summed E-state index contributed by atoms with van der Waals surface area (Å²) in [5.41, 5.74) is 0.373. The highest BCUT2D eigenvalue weighted by Gasteiger charge is 2.13. The van der Waals surface area contributed by atoms with E-state index in [1.165, 1.54) is 12.1 Å². The third-order valence-corrected chi connectivity index (χ3v) is 3.60. The zero-order chi connectivity index (χ0) is 12.3. The number of hydrogen-bond acceptors (Lipinski definition) is 2. The molecule has 0 saturated heterocycles. The number of carbonyl (C=O) groups is 1. The molecule has 16 heavy (non-hydrogen) atoms. The van der Waals surface area contributed by atoms with Crippen LogP contribution in [0.25, 0.3) is 0 Å². The van der Waals surface area contributed by atoms with Gasteiger partial charge in [0.1, 0.15) is 5.75 Å². The van der Waals surface area contributed by atoms with Crippen LogP contribution in [-0.4, -0.2) is 17.7 Å². The Kier molecular flexibility index (Phi) is 4.67. The quantitative estimate of drug-likeness (QED) is 0.895. The van der Waals surface area contributed by atoms with Gasteiger partial charge in [0, 0.05) is 4.47 Å². The molecule has 0 fully saturated rings. The molecule has 0 radical (unpaired) electrons. The third kappa shape index (κ3) is 3.71. The zero-order valence-corrected chi connectivity index (χ0v) is 10.9. The summed E-state index contributed by atoms with van der Waals surface area (Å²) in [6, 6.07) is 2.78. The second-order valence-corrected chi connectivity index (χ2v) is 4.49. The Balaban J connectivity index is 3.06. The van der Waals surface area contributed by atoms with Gasteiger partial charge in [-0.1, -0.05) is 0 Å². The van der Waals surface area contributed by atoms with Crippen LogP contribution in [0.3, 0.4) is 0 Å². The van der Waals surface area contributed by atoms with E-state index in [9.17, 15) is 13.6 Å². The van der Waals surface area contributed by atoms with Gasteiger partial charge in [-0.2, -0.15) is 8.78 Å². The molecule has 0 aliphatic rings. The second kappa shape index (κ2) is 5.58. The van der Waals surface area contributed by atoms with Crippen molar-refractivity contribution in [3.63, 3.8) is 0 Å². The standard InChI is InChI=1S/C9H6Br2F2O3/c10-5-1-4(3-7(14)15)2-6(8(5)11)16-9(12)13/h1-2,9H,3H2,(H,14,15). The predicted molar refractivity (Wildman–Crippen MR) is 59.8 cm³/mol. The second-order valence-electron chi connectivity index (χ2n) is 2.84. The zero-order valence-electron chi connectivity index (χ0n) is 7.71. The molecule has 3 nitrogen and oxygen atoms in total. The lowest BCUT2D eigenvalue weighted by Gasteiger charge is -2.10. The van der Waals surface area contributed by atoms with E-state index in [1.807, 2.05) is 0 Å². The topological polar surface area (TPSA) is 46.5 Å². The first kappa shape index (κ1) is 13.4. The molecule has 0 saturated carbocycles. The van der Waals surface area contributed by atoms with Crippen LogP contribution in [-0.2, 0) is 11.2 Å². The maximum absolute atomic E-state index is 12.1. The molecule has 0 bridgehead atoms. The molecular weight excluding hydrogens is 354 g/mol. The van der Waals surface area contributed by atoms with Crippen molar-refractivity contribution in [1.82, 2.24) is 0 Å². The van der Waals surface area contributed by atoms with E-state index in [4.69, 9.17) is 5.11 Å². The van der Waals surface area contributed by atoms with Crippen LogP contribution in [0.1, 0.15) is 5.56 Å². The van der Waals surface area contributed by atoms with Crippen LogP contribution >= 0.6 is 31.9 Å². The largest absolute Gasteiger partial charge is 0.481 e. The number of carboxylic acid groups (broad SMARTS) is 1. The first-order valence-corrected chi connectivity index (χ1v) is 5.63. The van der Waals surface area contributed by atoms with E-state index >= 15 is 0 Å². The van der Waals surface area contributed by atoms with Crippen molar-refractivity contribution in [3.8, 4) is 5.75 Å². The summed E-state index contributed by atoms with van der Waals surface area (Å²) < 4.78 is 29.1. The number of halogens is 4. The number of rotatable bonds is 4. The molecule has 0 atom stereocenters. The molecule has 0 aromatic heterocycles. The van der Waals surface area contributed by atoms with Crippen molar-refractivity contribution >= 4 is 37.8 Å². The third-order valence-electron chi connectivity index (χ3n) is 1.63. The van der Waals surface area contributed by atoms with Gasteiger partial charge < -0.3 is 9.84 Å². The van der Waals surface area contributed by atoms with Gasteiger partial charge in [0.15, 0.2) is 0 Å². The van der Waals surface area contributed by atoms with Crippen LogP contribution < -0.4 is 4.74 Å². The van der Waals surface area contributed by atoms with Gasteiger partial charge in [0.25, 0.3) is 0 Å². The minimum absolute atomic E-state index is 0.0966. The molecule has 7 heteroatoms. The molecule has 1 aromatic carbocycles. The lowest BCUT2D eigenvalue weighted by molar-refractivity contribution is -0.136. The first-order valence-electron chi connectivity index (χ1n) is 4.04. The molecule has 88 valence electrons. The molecule has 0 aliphatic carbocycles. The average molecular weight is 360 g/mol. The number of alkyl halides is 2. The monoisotopic (exact) mass is 358 g/mol. The summed E-state index contributed by atoms with van der Waals surface area (Å²) in [5, 5.41) is 8.58. The smallest absolute Gasteiger partial charge is 0.387 e. The molecule has 0 amide bonds.